The number of urea groups is 1. The molecular formula is C23H23N3O6. The number of imide groups is 1. The molecule has 9 heteroatoms. The number of hydrogen-bond donors (Lipinski definition) is 3. The zero-order chi connectivity index (χ0) is 22.9. The fourth-order valence-corrected chi connectivity index (χ4v) is 3.96. The van der Waals surface area contributed by atoms with Crippen LogP contribution < -0.4 is 5.73 Å². The molecule has 4 N–H and O–H groups in total. The molecule has 166 valence electrons. The van der Waals surface area contributed by atoms with Crippen molar-refractivity contribution < 1.29 is 29.3 Å². The molecule has 3 amide bonds. The average molecular weight is 437 g/mol. The Balaban J connectivity index is 1.76. The van der Waals surface area contributed by atoms with Crippen molar-refractivity contribution in [3.8, 4) is 0 Å². The van der Waals surface area contributed by atoms with E-state index >= 15 is 0 Å². The second kappa shape index (κ2) is 8.64. The zero-order valence-corrected chi connectivity index (χ0v) is 17.1. The number of aliphatic hydroxyl groups is 2. The van der Waals surface area contributed by atoms with Crippen LogP contribution in [0.15, 0.2) is 72.9 Å². The highest BCUT2D eigenvalue weighted by atomic mass is 16.6. The van der Waals surface area contributed by atoms with Gasteiger partial charge in [0.2, 0.25) is 11.5 Å². The first-order chi connectivity index (χ1) is 15.4. The maximum absolute atomic E-state index is 13.6. The van der Waals surface area contributed by atoms with Crippen LogP contribution in [0.2, 0.25) is 0 Å². The number of amides is 3. The molecule has 0 aromatic heterocycles. The Morgan fingerprint density at radius 2 is 1.66 bits per heavy atom. The average Bonchev–Trinajstić information content (AvgIpc) is 3.16. The number of hydrogen-bond acceptors (Lipinski definition) is 7. The highest BCUT2D eigenvalue weighted by Crippen LogP contribution is 2.39. The van der Waals surface area contributed by atoms with Gasteiger partial charge in [-0.05, 0) is 18.2 Å². The monoisotopic (exact) mass is 437 g/mol. The number of nitrogens with two attached hydrogens (primary N) is 1. The second-order valence-electron chi connectivity index (χ2n) is 7.62. The van der Waals surface area contributed by atoms with E-state index in [9.17, 15) is 24.6 Å². The summed E-state index contributed by atoms with van der Waals surface area (Å²) in [6, 6.07) is 15.4. The predicted octanol–water partition coefficient (Wildman–Crippen LogP) is 1.08. The summed E-state index contributed by atoms with van der Waals surface area (Å²) >= 11 is 0. The van der Waals surface area contributed by atoms with E-state index in [1.807, 2.05) is 0 Å². The standard InChI is InChI=1S/C23H23N3O6/c24-19-11-12-25(22(31)26(19)21(30)16-9-5-2-6-10-16)23(13-17(28)18(14-27)32-23)20(29)15-7-3-1-4-8-15/h1-12,17-19,27-28H,13-14,24H2/t17-,18+,19?,23-/m0/s1. The second-order valence-corrected chi connectivity index (χ2v) is 7.62. The molecule has 2 aliphatic heterocycles. The van der Waals surface area contributed by atoms with Crippen molar-refractivity contribution in [1.29, 1.82) is 0 Å². The minimum absolute atomic E-state index is 0.246. The molecule has 9 nitrogen and oxygen atoms in total. The van der Waals surface area contributed by atoms with Crippen molar-refractivity contribution in [2.24, 2.45) is 5.73 Å². The van der Waals surface area contributed by atoms with Gasteiger partial charge in [0.1, 0.15) is 12.3 Å². The van der Waals surface area contributed by atoms with Gasteiger partial charge in [-0.2, -0.15) is 0 Å². The van der Waals surface area contributed by atoms with Crippen molar-refractivity contribution in [2.45, 2.75) is 30.5 Å². The lowest BCUT2D eigenvalue weighted by Crippen LogP contribution is -2.63. The van der Waals surface area contributed by atoms with Gasteiger partial charge in [0, 0.05) is 23.7 Å². The van der Waals surface area contributed by atoms with E-state index in [0.717, 1.165) is 9.80 Å². The van der Waals surface area contributed by atoms with E-state index in [0.29, 0.717) is 0 Å². The van der Waals surface area contributed by atoms with Gasteiger partial charge in [0.25, 0.3) is 5.91 Å². The summed E-state index contributed by atoms with van der Waals surface area (Å²) in [4.78, 5) is 41.9. The molecule has 32 heavy (non-hydrogen) atoms. The first kappa shape index (κ1) is 21.8. The number of carbonyl (C=O) groups excluding carboxylic acids is 3. The van der Waals surface area contributed by atoms with Gasteiger partial charge in [0.15, 0.2) is 0 Å². The van der Waals surface area contributed by atoms with Crippen LogP contribution in [0.1, 0.15) is 27.1 Å². The Labute approximate surface area is 184 Å². The van der Waals surface area contributed by atoms with Crippen LogP contribution in [0.25, 0.3) is 0 Å². The maximum Gasteiger partial charge on any atom is 0.335 e. The van der Waals surface area contributed by atoms with Gasteiger partial charge >= 0.3 is 6.03 Å². The van der Waals surface area contributed by atoms with Crippen LogP contribution in [-0.2, 0) is 4.74 Å². The number of ether oxygens (including phenoxy) is 1. The van der Waals surface area contributed by atoms with Gasteiger partial charge in [-0.15, -0.1) is 0 Å². The summed E-state index contributed by atoms with van der Waals surface area (Å²) in [5.41, 5.74) is 4.57. The maximum atomic E-state index is 13.6. The normalized spacial score (nSPS) is 27.6. The van der Waals surface area contributed by atoms with Crippen LogP contribution in [0, 0.1) is 0 Å². The van der Waals surface area contributed by atoms with E-state index in [1.165, 1.54) is 12.3 Å². The summed E-state index contributed by atoms with van der Waals surface area (Å²) in [6.45, 7) is -0.553. The number of rotatable bonds is 5. The minimum Gasteiger partial charge on any atom is -0.394 e. The highest BCUT2D eigenvalue weighted by molar-refractivity contribution is 6.09. The first-order valence-corrected chi connectivity index (χ1v) is 10.1. The lowest BCUT2D eigenvalue weighted by atomic mass is 9.94. The van der Waals surface area contributed by atoms with Crippen LogP contribution in [0.3, 0.4) is 0 Å². The third-order valence-corrected chi connectivity index (χ3v) is 5.60. The smallest absolute Gasteiger partial charge is 0.335 e. The van der Waals surface area contributed by atoms with Crippen molar-refractivity contribution >= 4 is 17.7 Å². The molecule has 1 fully saturated rings. The van der Waals surface area contributed by atoms with E-state index in [1.54, 1.807) is 60.7 Å². The summed E-state index contributed by atoms with van der Waals surface area (Å²) < 4.78 is 5.83. The van der Waals surface area contributed by atoms with Crippen LogP contribution in [0.5, 0.6) is 0 Å². The number of ketones is 1. The highest BCUT2D eigenvalue weighted by Gasteiger charge is 2.58. The molecule has 4 rings (SSSR count). The Morgan fingerprint density at radius 1 is 1.06 bits per heavy atom. The minimum atomic E-state index is -1.96. The van der Waals surface area contributed by atoms with Crippen LogP contribution in [-0.4, -0.2) is 68.4 Å². The largest absolute Gasteiger partial charge is 0.394 e. The molecule has 0 bridgehead atoms. The van der Waals surface area contributed by atoms with Gasteiger partial charge in [0.05, 0.1) is 12.7 Å². The third kappa shape index (κ3) is 3.61. The number of benzene rings is 2. The van der Waals surface area contributed by atoms with E-state index in [4.69, 9.17) is 10.5 Å². The molecule has 2 aromatic rings. The quantitative estimate of drug-likeness (QED) is 0.596. The van der Waals surface area contributed by atoms with Gasteiger partial charge in [-0.3, -0.25) is 14.5 Å². The molecule has 1 saturated heterocycles. The molecule has 1 unspecified atom stereocenters. The lowest BCUT2D eigenvalue weighted by molar-refractivity contribution is -0.104. The Kier molecular flexibility index (Phi) is 5.90. The molecule has 2 aliphatic rings. The van der Waals surface area contributed by atoms with Crippen molar-refractivity contribution in [3.05, 3.63) is 84.1 Å². The molecule has 0 spiro atoms. The molecular weight excluding hydrogens is 414 g/mol. The molecule has 2 aromatic carbocycles. The topological polar surface area (TPSA) is 133 Å². The number of Topliss-reactive ketones (excluding diaryl/α,β-unsaturated/α-hetero) is 1. The first-order valence-electron chi connectivity index (χ1n) is 10.1. The fourth-order valence-electron chi connectivity index (χ4n) is 3.96. The zero-order valence-electron chi connectivity index (χ0n) is 17.1. The molecule has 2 heterocycles. The summed E-state index contributed by atoms with van der Waals surface area (Å²) in [5.74, 6) is -1.23. The number of carbonyl (C=O) groups is 3. The van der Waals surface area contributed by atoms with E-state index in [-0.39, 0.29) is 17.5 Å². The van der Waals surface area contributed by atoms with E-state index < -0.39 is 48.4 Å². The van der Waals surface area contributed by atoms with Gasteiger partial charge < -0.3 is 20.7 Å². The molecule has 0 aliphatic carbocycles. The SMILES string of the molecule is NC1C=CN([C@@]2(C(=O)c3ccccc3)C[C@H](O)[C@@H](CO)O2)C(=O)N1C(=O)c1ccccc1. The van der Waals surface area contributed by atoms with Gasteiger partial charge in [-0.1, -0.05) is 48.5 Å². The lowest BCUT2D eigenvalue weighted by Gasteiger charge is -2.42. The summed E-state index contributed by atoms with van der Waals surface area (Å²) in [5, 5.41) is 20.1. The summed E-state index contributed by atoms with van der Waals surface area (Å²) in [6.07, 6.45) is -0.958. The molecule has 4 atom stereocenters. The van der Waals surface area contributed by atoms with E-state index in [2.05, 4.69) is 0 Å². The third-order valence-electron chi connectivity index (χ3n) is 5.60. The van der Waals surface area contributed by atoms with Crippen molar-refractivity contribution in [2.75, 3.05) is 6.61 Å². The van der Waals surface area contributed by atoms with Crippen LogP contribution in [0.4, 0.5) is 4.79 Å². The van der Waals surface area contributed by atoms with Gasteiger partial charge in [-0.25, -0.2) is 9.69 Å². The Hall–Kier alpha value is -3.37. The Morgan fingerprint density at radius 3 is 2.22 bits per heavy atom. The number of aliphatic hydroxyl groups excluding tert-OH is 2. The van der Waals surface area contributed by atoms with Crippen molar-refractivity contribution in [1.82, 2.24) is 9.80 Å². The number of nitrogens with zero attached hydrogens (tertiary/aromatic N) is 2. The molecule has 0 radical (unpaired) electrons. The Bertz CT molecular complexity index is 1040. The molecule has 0 saturated carbocycles. The van der Waals surface area contributed by atoms with Crippen molar-refractivity contribution in [3.63, 3.8) is 0 Å². The predicted molar refractivity (Wildman–Crippen MR) is 113 cm³/mol. The summed E-state index contributed by atoms with van der Waals surface area (Å²) in [7, 11) is 0. The van der Waals surface area contributed by atoms with Crippen LogP contribution >= 0.6 is 0 Å². The fraction of sp³-hybridized carbons (Fsp3) is 0.261.